The molecule has 0 N–H and O–H groups in total. The van der Waals surface area contributed by atoms with Crippen LogP contribution < -0.4 is 0 Å². The second-order valence-corrected chi connectivity index (χ2v) is 11.2. The van der Waals surface area contributed by atoms with Gasteiger partial charge in [0.15, 0.2) is 5.76 Å². The molecule has 9 heteroatoms. The van der Waals surface area contributed by atoms with Crippen LogP contribution in [-0.2, 0) is 14.3 Å². The first-order valence-corrected chi connectivity index (χ1v) is 14.5. The number of esters is 1. The predicted octanol–water partition coefficient (Wildman–Crippen LogP) is 8.17. The molecule has 1 aliphatic heterocycles. The van der Waals surface area contributed by atoms with E-state index < -0.39 is 5.97 Å². The maximum absolute atomic E-state index is 13.5. The van der Waals surface area contributed by atoms with Crippen LogP contribution >= 0.6 is 31.9 Å². The summed E-state index contributed by atoms with van der Waals surface area (Å²) >= 11 is 6.86. The fraction of sp³-hybridized carbons (Fsp3) is 0.0606. The number of carbonyl (C=O) groups excluding carboxylic acids is 2. The Balaban J connectivity index is 1.44. The number of amides is 1. The Labute approximate surface area is 258 Å². The van der Waals surface area contributed by atoms with E-state index in [2.05, 4.69) is 72.3 Å². The van der Waals surface area contributed by atoms with Gasteiger partial charge >= 0.3 is 12.0 Å². The van der Waals surface area contributed by atoms with E-state index in [4.69, 9.17) is 9.47 Å². The highest BCUT2D eigenvalue weighted by Crippen LogP contribution is 2.36. The van der Waals surface area contributed by atoms with Crippen LogP contribution in [0.15, 0.2) is 117 Å². The number of aromatic nitrogens is 1. The average Bonchev–Trinajstić information content (AvgIpc) is 3.48. The summed E-state index contributed by atoms with van der Waals surface area (Å²) in [6.07, 6.45) is 3.29. The molecule has 0 bridgehead atoms. The molecule has 208 valence electrons. The van der Waals surface area contributed by atoms with Gasteiger partial charge in [-0.25, -0.2) is 4.79 Å². The lowest BCUT2D eigenvalue weighted by Gasteiger charge is -2.12. The van der Waals surface area contributed by atoms with Crippen LogP contribution in [0.1, 0.15) is 15.9 Å². The number of aliphatic imine (C=N–C) groups is 1. The Morgan fingerprint density at radius 1 is 0.976 bits per heavy atom. The molecule has 2 heterocycles. The zero-order chi connectivity index (χ0) is 29.4. The van der Waals surface area contributed by atoms with Crippen LogP contribution in [-0.4, -0.2) is 41.0 Å². The van der Waals surface area contributed by atoms with Crippen molar-refractivity contribution in [1.29, 1.82) is 0 Å². The van der Waals surface area contributed by atoms with Gasteiger partial charge in [-0.2, -0.15) is 4.99 Å². The molecule has 0 radical (unpaired) electrons. The summed E-state index contributed by atoms with van der Waals surface area (Å²) in [6.45, 7) is 3.94. The molecule has 0 spiro atoms. The number of hydrogen-bond donors (Lipinski definition) is 0. The number of fused-ring (bicyclic) bond motifs is 3. The van der Waals surface area contributed by atoms with Gasteiger partial charge in [0.05, 0.1) is 29.4 Å². The minimum Gasteiger partial charge on any atom is -0.465 e. The molecule has 1 amide bonds. The van der Waals surface area contributed by atoms with Crippen molar-refractivity contribution in [1.82, 2.24) is 9.47 Å². The van der Waals surface area contributed by atoms with Gasteiger partial charge in [0, 0.05) is 32.0 Å². The Morgan fingerprint density at radius 3 is 2.48 bits per heavy atom. The average molecular weight is 685 g/mol. The minimum absolute atomic E-state index is 0.0288. The first kappa shape index (κ1) is 27.7. The zero-order valence-corrected chi connectivity index (χ0v) is 25.6. The number of amidine groups is 1. The first-order chi connectivity index (χ1) is 20.4. The first-order valence-electron chi connectivity index (χ1n) is 13.0. The van der Waals surface area contributed by atoms with Crippen molar-refractivity contribution in [2.24, 2.45) is 4.99 Å². The number of carbonyl (C=O) groups is 2. The number of benzene rings is 4. The fourth-order valence-electron chi connectivity index (χ4n) is 5.01. The van der Waals surface area contributed by atoms with Crippen molar-refractivity contribution in [3.63, 3.8) is 0 Å². The third-order valence-corrected chi connectivity index (χ3v) is 7.91. The lowest BCUT2D eigenvalue weighted by molar-refractivity contribution is -0.122. The van der Waals surface area contributed by atoms with Crippen molar-refractivity contribution in [3.05, 3.63) is 123 Å². The predicted molar refractivity (Wildman–Crippen MR) is 172 cm³/mol. The summed E-state index contributed by atoms with van der Waals surface area (Å²) in [6, 6.07) is 27.9. The van der Waals surface area contributed by atoms with Crippen molar-refractivity contribution >= 4 is 83.3 Å². The largest absolute Gasteiger partial charge is 0.465 e. The third-order valence-electron chi connectivity index (χ3n) is 6.85. The van der Waals surface area contributed by atoms with Crippen LogP contribution in [0.2, 0.25) is 0 Å². The lowest BCUT2D eigenvalue weighted by Crippen LogP contribution is -2.29. The molecule has 1 saturated heterocycles. The zero-order valence-electron chi connectivity index (χ0n) is 22.4. The van der Waals surface area contributed by atoms with Gasteiger partial charge in [0.1, 0.15) is 0 Å². The summed E-state index contributed by atoms with van der Waals surface area (Å²) in [5.41, 5.74) is 4.48. The maximum atomic E-state index is 13.5. The monoisotopic (exact) mass is 683 g/mol. The molecule has 1 aliphatic rings. The number of methoxy groups -OCH3 is 1. The van der Waals surface area contributed by atoms with Gasteiger partial charge in [-0.1, -0.05) is 64.5 Å². The molecule has 0 atom stereocenters. The molecule has 4 aromatic carbocycles. The van der Waals surface area contributed by atoms with Gasteiger partial charge in [-0.05, 0) is 70.0 Å². The number of hydrogen-bond acceptors (Lipinski definition) is 5. The molecule has 6 rings (SSSR count). The SMILES string of the molecule is C=CCN1C(=O)/C(=C\c2ccc3c(c2)c2ccccc2n3-c2ccccc2)O/C1=N\c1c(Br)cc(Br)cc1C(=O)OC. The molecule has 42 heavy (non-hydrogen) atoms. The van der Waals surface area contributed by atoms with E-state index >= 15 is 0 Å². The van der Waals surface area contributed by atoms with E-state index in [-0.39, 0.29) is 35.5 Å². The Bertz CT molecular complexity index is 1960. The van der Waals surface area contributed by atoms with Gasteiger partial charge in [0.25, 0.3) is 5.91 Å². The normalized spacial score (nSPS) is 15.1. The van der Waals surface area contributed by atoms with Gasteiger partial charge in [-0.15, -0.1) is 6.58 Å². The van der Waals surface area contributed by atoms with Gasteiger partial charge < -0.3 is 14.0 Å². The van der Waals surface area contributed by atoms with E-state index in [0.717, 1.165) is 33.1 Å². The Morgan fingerprint density at radius 2 is 1.71 bits per heavy atom. The molecule has 0 aliphatic carbocycles. The quantitative estimate of drug-likeness (QED) is 0.103. The highest BCUT2D eigenvalue weighted by atomic mass is 79.9. The van der Waals surface area contributed by atoms with Crippen molar-refractivity contribution in [3.8, 4) is 5.69 Å². The van der Waals surface area contributed by atoms with Crippen LogP contribution in [0, 0.1) is 0 Å². The summed E-state index contributed by atoms with van der Waals surface area (Å²) in [5, 5.41) is 2.15. The molecule has 5 aromatic rings. The number of halogens is 2. The van der Waals surface area contributed by atoms with Crippen molar-refractivity contribution in [2.45, 2.75) is 0 Å². The summed E-state index contributed by atoms with van der Waals surface area (Å²) in [4.78, 5) is 31.9. The summed E-state index contributed by atoms with van der Waals surface area (Å²) in [7, 11) is 1.29. The summed E-state index contributed by atoms with van der Waals surface area (Å²) < 4.78 is 14.4. The Hall–Kier alpha value is -4.47. The van der Waals surface area contributed by atoms with E-state index in [1.165, 1.54) is 12.0 Å². The van der Waals surface area contributed by atoms with Gasteiger partial charge in [0.2, 0.25) is 0 Å². The molecule has 7 nitrogen and oxygen atoms in total. The van der Waals surface area contributed by atoms with E-state index in [0.29, 0.717) is 8.95 Å². The smallest absolute Gasteiger partial charge is 0.340 e. The molecule has 1 fully saturated rings. The maximum Gasteiger partial charge on any atom is 0.340 e. The second kappa shape index (κ2) is 11.4. The van der Waals surface area contributed by atoms with Crippen molar-refractivity contribution < 1.29 is 19.1 Å². The second-order valence-electron chi connectivity index (χ2n) is 9.45. The topological polar surface area (TPSA) is 73.1 Å². The summed E-state index contributed by atoms with van der Waals surface area (Å²) in [5.74, 6) is -0.836. The van der Waals surface area contributed by atoms with E-state index in [1.807, 2.05) is 48.5 Å². The number of rotatable bonds is 6. The van der Waals surface area contributed by atoms with Crippen molar-refractivity contribution in [2.75, 3.05) is 13.7 Å². The highest BCUT2D eigenvalue weighted by Gasteiger charge is 2.35. The third kappa shape index (κ3) is 4.95. The standard InChI is InChI=1S/C33H23Br2N3O4/c1-3-15-37-31(39)29(42-33(37)36-30-25(32(40)41-2)18-21(34)19-26(30)35)17-20-13-14-28-24(16-20)23-11-7-8-12-27(23)38(28)22-9-5-4-6-10-22/h3-14,16-19H,1,15H2,2H3/b29-17+,36-33-. The molecular formula is C33H23Br2N3O4. The van der Waals surface area contributed by atoms with E-state index in [9.17, 15) is 9.59 Å². The fourth-order valence-corrected chi connectivity index (χ4v) is 6.32. The van der Waals surface area contributed by atoms with Crippen LogP contribution in [0.3, 0.4) is 0 Å². The number of ether oxygens (including phenoxy) is 2. The minimum atomic E-state index is -0.574. The molecule has 0 unspecified atom stereocenters. The number of nitrogens with zero attached hydrogens (tertiary/aromatic N) is 3. The Kier molecular flexibility index (Phi) is 7.53. The van der Waals surface area contributed by atoms with Crippen LogP contribution in [0.25, 0.3) is 33.6 Å². The molecular weight excluding hydrogens is 662 g/mol. The molecule has 0 saturated carbocycles. The molecule has 1 aromatic heterocycles. The highest BCUT2D eigenvalue weighted by molar-refractivity contribution is 9.11. The van der Waals surface area contributed by atoms with Gasteiger partial charge in [-0.3, -0.25) is 9.69 Å². The van der Waals surface area contributed by atoms with E-state index in [1.54, 1.807) is 24.3 Å². The lowest BCUT2D eigenvalue weighted by atomic mass is 10.1. The van der Waals surface area contributed by atoms with Crippen LogP contribution in [0.4, 0.5) is 5.69 Å². The van der Waals surface area contributed by atoms with Crippen LogP contribution in [0.5, 0.6) is 0 Å². The number of para-hydroxylation sites is 2.